The first-order chi connectivity index (χ1) is 21.5. The molecule has 7 rings (SSSR count). The fraction of sp³-hybridized carbons (Fsp3) is 0.273. The molecule has 1 atom stereocenters. The molecule has 0 radical (unpaired) electrons. The van der Waals surface area contributed by atoms with Crippen LogP contribution in [0.25, 0.3) is 22.4 Å². The van der Waals surface area contributed by atoms with Gasteiger partial charge in [-0.2, -0.15) is 5.26 Å². The van der Waals surface area contributed by atoms with Gasteiger partial charge in [-0.25, -0.2) is 24.3 Å². The Morgan fingerprint density at radius 1 is 1.11 bits per heavy atom. The Morgan fingerprint density at radius 2 is 2.00 bits per heavy atom. The lowest BCUT2D eigenvalue weighted by Gasteiger charge is -2.23. The maximum absolute atomic E-state index is 15.2. The van der Waals surface area contributed by atoms with E-state index in [1.165, 1.54) is 12.4 Å². The predicted molar refractivity (Wildman–Crippen MR) is 163 cm³/mol. The third-order valence-electron chi connectivity index (χ3n) is 8.38. The van der Waals surface area contributed by atoms with Crippen LogP contribution in [0.4, 0.5) is 21.6 Å². The molecule has 1 saturated carbocycles. The number of anilines is 3. The van der Waals surface area contributed by atoms with Crippen LogP contribution in [0.3, 0.4) is 0 Å². The van der Waals surface area contributed by atoms with Crippen molar-refractivity contribution in [3.8, 4) is 17.3 Å². The SMILES string of the molecule is Cc1c(F)cc(C(=O)Nc2cccc(C3(C#N)CC3)c2)cc1Nc1ncccc1-c1ncnc2c1ncn2C1CCCCO1. The molecule has 2 aromatic carbocycles. The van der Waals surface area contributed by atoms with E-state index in [9.17, 15) is 10.1 Å². The molecule has 1 unspecified atom stereocenters. The average molecular weight is 589 g/mol. The fourth-order valence-electron chi connectivity index (χ4n) is 5.65. The molecule has 5 aromatic rings. The number of halogens is 1. The zero-order chi connectivity index (χ0) is 30.3. The molecule has 1 amide bonds. The molecule has 11 heteroatoms. The lowest BCUT2D eigenvalue weighted by Crippen LogP contribution is -2.17. The summed E-state index contributed by atoms with van der Waals surface area (Å²) >= 11 is 0. The van der Waals surface area contributed by atoms with Crippen molar-refractivity contribution in [1.82, 2.24) is 24.5 Å². The van der Waals surface area contributed by atoms with Gasteiger partial charge in [-0.3, -0.25) is 9.36 Å². The van der Waals surface area contributed by atoms with E-state index in [4.69, 9.17) is 4.74 Å². The number of pyridine rings is 1. The van der Waals surface area contributed by atoms with E-state index in [-0.39, 0.29) is 11.8 Å². The molecular formula is C33H29FN8O2. The smallest absolute Gasteiger partial charge is 0.255 e. The van der Waals surface area contributed by atoms with Gasteiger partial charge >= 0.3 is 0 Å². The van der Waals surface area contributed by atoms with Crippen LogP contribution in [0.1, 0.15) is 59.8 Å². The Labute approximate surface area is 253 Å². The molecule has 220 valence electrons. The number of hydrogen-bond acceptors (Lipinski definition) is 8. The fourth-order valence-corrected chi connectivity index (χ4v) is 5.65. The standard InChI is InChI=1S/C33H29FN8O2/c1-20-25(34)14-21(32(43)40-23-7-4-6-22(16-23)33(17-35)10-11-33)15-26(20)41-30-24(8-5-12-36-30)28-29-31(38-18-37-28)42(19-39-29)27-9-2-3-13-44-27/h4-8,12,14-16,18-19,27H,2-3,9-11,13H2,1H3,(H,36,41)(H,40,43). The van der Waals surface area contributed by atoms with Gasteiger partial charge in [0.15, 0.2) is 5.65 Å². The number of fused-ring (bicyclic) bond motifs is 1. The number of aromatic nitrogens is 5. The number of nitrogens with zero attached hydrogens (tertiary/aromatic N) is 6. The van der Waals surface area contributed by atoms with Crippen LogP contribution < -0.4 is 10.6 Å². The number of imidazole rings is 1. The van der Waals surface area contributed by atoms with E-state index < -0.39 is 17.1 Å². The normalized spacial score (nSPS) is 17.2. The Hall–Kier alpha value is -5.21. The number of nitriles is 1. The molecular weight excluding hydrogens is 559 g/mol. The van der Waals surface area contributed by atoms with Crippen LogP contribution in [0.15, 0.2) is 67.4 Å². The van der Waals surface area contributed by atoms with E-state index in [0.29, 0.717) is 51.8 Å². The topological polar surface area (TPSA) is 131 Å². The molecule has 0 bridgehead atoms. The third-order valence-corrected chi connectivity index (χ3v) is 8.38. The number of nitrogens with one attached hydrogen (secondary N) is 2. The van der Waals surface area contributed by atoms with Crippen molar-refractivity contribution >= 4 is 34.3 Å². The van der Waals surface area contributed by atoms with Crippen molar-refractivity contribution < 1.29 is 13.9 Å². The maximum atomic E-state index is 15.2. The highest BCUT2D eigenvalue weighted by atomic mass is 19.1. The highest BCUT2D eigenvalue weighted by Gasteiger charge is 2.44. The van der Waals surface area contributed by atoms with Crippen molar-refractivity contribution in [3.63, 3.8) is 0 Å². The molecule has 0 spiro atoms. The van der Waals surface area contributed by atoms with Gasteiger partial charge in [0.1, 0.15) is 35.4 Å². The highest BCUT2D eigenvalue weighted by molar-refractivity contribution is 6.05. The van der Waals surface area contributed by atoms with Crippen LogP contribution in [-0.2, 0) is 10.2 Å². The van der Waals surface area contributed by atoms with Crippen molar-refractivity contribution in [2.45, 2.75) is 50.7 Å². The molecule has 2 fully saturated rings. The first-order valence-corrected chi connectivity index (χ1v) is 14.6. The van der Waals surface area contributed by atoms with E-state index in [1.54, 1.807) is 37.6 Å². The summed E-state index contributed by atoms with van der Waals surface area (Å²) in [6.45, 7) is 2.33. The number of carbonyl (C=O) groups excluding carboxylic acids is 1. The second-order valence-corrected chi connectivity index (χ2v) is 11.3. The van der Waals surface area contributed by atoms with Crippen LogP contribution in [0, 0.1) is 24.1 Å². The monoisotopic (exact) mass is 588 g/mol. The van der Waals surface area contributed by atoms with Crippen molar-refractivity contribution in [3.05, 3.63) is 89.9 Å². The molecule has 2 aliphatic rings. The van der Waals surface area contributed by atoms with Crippen molar-refractivity contribution in [1.29, 1.82) is 5.26 Å². The van der Waals surface area contributed by atoms with E-state index in [2.05, 4.69) is 36.6 Å². The number of amides is 1. The van der Waals surface area contributed by atoms with Crippen LogP contribution >= 0.6 is 0 Å². The number of hydrogen-bond donors (Lipinski definition) is 2. The quantitative estimate of drug-likeness (QED) is 0.218. The highest BCUT2D eigenvalue weighted by Crippen LogP contribution is 2.48. The summed E-state index contributed by atoms with van der Waals surface area (Å²) in [6, 6.07) is 16.1. The van der Waals surface area contributed by atoms with Gasteiger partial charge in [0.2, 0.25) is 0 Å². The first-order valence-electron chi connectivity index (χ1n) is 14.6. The van der Waals surface area contributed by atoms with E-state index in [0.717, 1.165) is 37.7 Å². The van der Waals surface area contributed by atoms with Crippen molar-refractivity contribution in [2.24, 2.45) is 0 Å². The zero-order valence-corrected chi connectivity index (χ0v) is 24.0. The maximum Gasteiger partial charge on any atom is 0.255 e. The second kappa shape index (κ2) is 11.1. The Balaban J connectivity index is 1.19. The molecule has 4 heterocycles. The summed E-state index contributed by atoms with van der Waals surface area (Å²) in [5.41, 5.74) is 4.25. The minimum absolute atomic E-state index is 0.133. The summed E-state index contributed by atoms with van der Waals surface area (Å²) in [4.78, 5) is 31.5. The van der Waals surface area contributed by atoms with Crippen LogP contribution in [0.2, 0.25) is 0 Å². The molecule has 1 saturated heterocycles. The summed E-state index contributed by atoms with van der Waals surface area (Å²) in [6.07, 6.45) is 9.29. The van der Waals surface area contributed by atoms with Gasteiger partial charge in [0, 0.05) is 40.9 Å². The summed E-state index contributed by atoms with van der Waals surface area (Å²) in [7, 11) is 0. The van der Waals surface area contributed by atoms with Crippen LogP contribution in [0.5, 0.6) is 0 Å². The Bertz CT molecular complexity index is 1940. The Kier molecular flexibility index (Phi) is 6.98. The summed E-state index contributed by atoms with van der Waals surface area (Å²) < 4.78 is 23.1. The van der Waals surface area contributed by atoms with E-state index in [1.807, 2.05) is 28.8 Å². The molecule has 1 aliphatic heterocycles. The van der Waals surface area contributed by atoms with Crippen molar-refractivity contribution in [2.75, 3.05) is 17.2 Å². The second-order valence-electron chi connectivity index (χ2n) is 11.3. The van der Waals surface area contributed by atoms with Gasteiger partial charge in [0.05, 0.1) is 17.8 Å². The summed E-state index contributed by atoms with van der Waals surface area (Å²) in [5, 5.41) is 15.6. The average Bonchev–Trinajstić information content (AvgIpc) is 3.74. The minimum Gasteiger partial charge on any atom is -0.358 e. The first kappa shape index (κ1) is 27.6. The predicted octanol–water partition coefficient (Wildman–Crippen LogP) is 6.59. The van der Waals surface area contributed by atoms with Gasteiger partial charge < -0.3 is 15.4 Å². The zero-order valence-electron chi connectivity index (χ0n) is 24.0. The molecule has 1 aliphatic carbocycles. The third kappa shape index (κ3) is 5.03. The molecule has 44 heavy (non-hydrogen) atoms. The largest absolute Gasteiger partial charge is 0.358 e. The minimum atomic E-state index is -0.538. The van der Waals surface area contributed by atoms with E-state index >= 15 is 4.39 Å². The van der Waals surface area contributed by atoms with Gasteiger partial charge in [-0.1, -0.05) is 12.1 Å². The van der Waals surface area contributed by atoms with Gasteiger partial charge in [-0.05, 0) is 81.0 Å². The molecule has 3 aromatic heterocycles. The Morgan fingerprint density at radius 3 is 2.80 bits per heavy atom. The van der Waals surface area contributed by atoms with Crippen LogP contribution in [-0.4, -0.2) is 37.0 Å². The number of rotatable bonds is 7. The number of benzene rings is 2. The molecule has 10 nitrogen and oxygen atoms in total. The van der Waals surface area contributed by atoms with Gasteiger partial charge in [-0.15, -0.1) is 0 Å². The lowest BCUT2D eigenvalue weighted by molar-refractivity contribution is -0.0298. The van der Waals surface area contributed by atoms with Gasteiger partial charge in [0.25, 0.3) is 5.91 Å². The lowest BCUT2D eigenvalue weighted by atomic mass is 9.97. The molecule has 2 N–H and O–H groups in total. The number of carbonyl (C=O) groups is 1. The number of ether oxygens (including phenoxy) is 1. The summed E-state index contributed by atoms with van der Waals surface area (Å²) in [5.74, 6) is -0.585.